The molecule has 1 unspecified atom stereocenters. The summed E-state index contributed by atoms with van der Waals surface area (Å²) in [5.41, 5.74) is 4.96. The monoisotopic (exact) mass is 567 g/mol. The average Bonchev–Trinajstić information content (AvgIpc) is 3.37. The van der Waals surface area contributed by atoms with Crippen molar-refractivity contribution in [1.29, 1.82) is 0 Å². The molecule has 0 bridgehead atoms. The number of hydrazone groups is 1. The summed E-state index contributed by atoms with van der Waals surface area (Å²) in [6.07, 6.45) is 0.469. The molecule has 1 aliphatic heterocycles. The Hall–Kier alpha value is -3.93. The van der Waals surface area contributed by atoms with Gasteiger partial charge in [-0.3, -0.25) is 5.01 Å². The molecule has 3 aromatic carbocycles. The molecule has 0 fully saturated rings. The molecule has 0 amide bonds. The van der Waals surface area contributed by atoms with Crippen molar-refractivity contribution < 1.29 is 22.6 Å². The average molecular weight is 568 g/mol. The van der Waals surface area contributed by atoms with Crippen LogP contribution in [0.1, 0.15) is 29.4 Å². The van der Waals surface area contributed by atoms with E-state index in [0.717, 1.165) is 16.8 Å². The fourth-order valence-corrected chi connectivity index (χ4v) is 5.30. The Morgan fingerprint density at radius 2 is 1.59 bits per heavy atom. The van der Waals surface area contributed by atoms with E-state index in [1.807, 2.05) is 30.1 Å². The van der Waals surface area contributed by atoms with Gasteiger partial charge in [-0.15, -0.1) is 0 Å². The van der Waals surface area contributed by atoms with E-state index in [9.17, 15) is 8.42 Å². The van der Waals surface area contributed by atoms with Gasteiger partial charge < -0.3 is 14.2 Å². The molecular weight excluding hydrogens is 542 g/mol. The number of sulfonamides is 1. The van der Waals surface area contributed by atoms with Crippen molar-refractivity contribution in [1.82, 2.24) is 9.97 Å². The van der Waals surface area contributed by atoms with E-state index in [4.69, 9.17) is 46.0 Å². The highest BCUT2D eigenvalue weighted by atomic mass is 35.5. The predicted octanol–water partition coefficient (Wildman–Crippen LogP) is 4.62. The number of methoxy groups -OCH3 is 3. The number of halogens is 1. The summed E-state index contributed by atoms with van der Waals surface area (Å²) < 4.78 is 40.3. The van der Waals surface area contributed by atoms with Gasteiger partial charge in [0.15, 0.2) is 11.5 Å². The first kappa shape index (κ1) is 26.7. The number of aromatic nitrogens is 2. The minimum absolute atomic E-state index is 0.00658. The molecule has 0 radical (unpaired) electrons. The molecular formula is C27H26ClN5O5S. The van der Waals surface area contributed by atoms with Crippen LogP contribution in [0.4, 0.5) is 5.69 Å². The van der Waals surface area contributed by atoms with Crippen molar-refractivity contribution in [3.63, 3.8) is 0 Å². The van der Waals surface area contributed by atoms with E-state index < -0.39 is 10.0 Å². The fraction of sp³-hybridized carbons (Fsp3) is 0.222. The molecule has 0 aliphatic carbocycles. The lowest BCUT2D eigenvalue weighted by atomic mass is 9.98. The number of aryl methyl sites for hydroxylation is 1. The smallest absolute Gasteiger partial charge is 0.238 e. The molecule has 202 valence electrons. The lowest BCUT2D eigenvalue weighted by molar-refractivity contribution is 0.323. The number of benzene rings is 3. The Morgan fingerprint density at radius 3 is 2.18 bits per heavy atom. The van der Waals surface area contributed by atoms with E-state index in [1.165, 1.54) is 12.1 Å². The fourth-order valence-electron chi connectivity index (χ4n) is 4.62. The van der Waals surface area contributed by atoms with E-state index in [-0.39, 0.29) is 10.9 Å². The Labute approximate surface area is 231 Å². The minimum Gasteiger partial charge on any atom is -0.493 e. The maximum atomic E-state index is 11.8. The standard InChI is InChI=1S/C27H26ClN5O5S/c1-15-26(31-21-13-17(28)5-10-20(21)30-15)22-14-23(16-11-24(36-2)27(38-4)25(12-16)37-3)33(32-22)18-6-8-19(9-7-18)39(29,34)35/h5-13,23H,14H2,1-4H3,(H2,29,34,35). The van der Waals surface area contributed by atoms with Crippen LogP contribution in [0.3, 0.4) is 0 Å². The molecule has 0 spiro atoms. The van der Waals surface area contributed by atoms with Gasteiger partial charge in [0.25, 0.3) is 0 Å². The molecule has 5 rings (SSSR count). The number of anilines is 1. The Bertz CT molecular complexity index is 1690. The maximum absolute atomic E-state index is 11.8. The van der Waals surface area contributed by atoms with E-state index in [2.05, 4.69) is 0 Å². The molecule has 12 heteroatoms. The number of hydrogen-bond acceptors (Lipinski definition) is 9. The zero-order valence-electron chi connectivity index (χ0n) is 21.7. The summed E-state index contributed by atoms with van der Waals surface area (Å²) in [5, 5.41) is 12.6. The molecule has 10 nitrogen and oxygen atoms in total. The zero-order chi connectivity index (χ0) is 27.9. The summed E-state index contributed by atoms with van der Waals surface area (Å²) >= 11 is 6.21. The Kier molecular flexibility index (Phi) is 7.06. The van der Waals surface area contributed by atoms with Gasteiger partial charge in [-0.25, -0.2) is 23.5 Å². The SMILES string of the molecule is COc1cc(C2CC(c3nc4cc(Cl)ccc4nc3C)=NN2c2ccc(S(N)(=O)=O)cc2)cc(OC)c1OC. The third kappa shape index (κ3) is 5.08. The van der Waals surface area contributed by atoms with Crippen molar-refractivity contribution in [2.24, 2.45) is 10.2 Å². The van der Waals surface area contributed by atoms with Crippen LogP contribution in [0.2, 0.25) is 5.02 Å². The van der Waals surface area contributed by atoms with Gasteiger partial charge in [0.2, 0.25) is 15.8 Å². The van der Waals surface area contributed by atoms with Crippen LogP contribution in [0.25, 0.3) is 11.0 Å². The van der Waals surface area contributed by atoms with Crippen molar-refractivity contribution in [2.45, 2.75) is 24.3 Å². The van der Waals surface area contributed by atoms with Crippen LogP contribution in [-0.2, 0) is 10.0 Å². The molecule has 0 saturated carbocycles. The highest BCUT2D eigenvalue weighted by Crippen LogP contribution is 2.44. The van der Waals surface area contributed by atoms with Gasteiger partial charge in [0.1, 0.15) is 5.69 Å². The van der Waals surface area contributed by atoms with Crippen molar-refractivity contribution in [3.05, 3.63) is 76.6 Å². The largest absolute Gasteiger partial charge is 0.493 e. The molecule has 1 atom stereocenters. The number of hydrogen-bond donors (Lipinski definition) is 1. The molecule has 2 N–H and O–H groups in total. The third-order valence-corrected chi connectivity index (χ3v) is 7.65. The molecule has 2 heterocycles. The number of nitrogens with two attached hydrogens (primary N) is 1. The molecule has 0 saturated heterocycles. The van der Waals surface area contributed by atoms with Crippen LogP contribution >= 0.6 is 11.6 Å². The predicted molar refractivity (Wildman–Crippen MR) is 150 cm³/mol. The van der Waals surface area contributed by atoms with Crippen LogP contribution in [0, 0.1) is 6.92 Å². The van der Waals surface area contributed by atoms with Gasteiger partial charge in [-0.05, 0) is 67.1 Å². The van der Waals surface area contributed by atoms with E-state index >= 15 is 0 Å². The first-order valence-electron chi connectivity index (χ1n) is 11.9. The maximum Gasteiger partial charge on any atom is 0.238 e. The summed E-state index contributed by atoms with van der Waals surface area (Å²) in [5.74, 6) is 1.47. The number of fused-ring (bicyclic) bond motifs is 1. The Morgan fingerprint density at radius 1 is 0.923 bits per heavy atom. The minimum atomic E-state index is -3.85. The van der Waals surface area contributed by atoms with Gasteiger partial charge in [-0.1, -0.05) is 11.6 Å². The molecule has 1 aliphatic rings. The van der Waals surface area contributed by atoms with Crippen molar-refractivity contribution in [2.75, 3.05) is 26.3 Å². The second-order valence-corrected chi connectivity index (χ2v) is 10.9. The zero-order valence-corrected chi connectivity index (χ0v) is 23.2. The normalized spacial score (nSPS) is 15.4. The molecule has 1 aromatic heterocycles. The number of rotatable bonds is 7. The van der Waals surface area contributed by atoms with Crippen LogP contribution in [-0.4, -0.2) is 45.4 Å². The van der Waals surface area contributed by atoms with Crippen molar-refractivity contribution >= 4 is 44.1 Å². The summed E-state index contributed by atoms with van der Waals surface area (Å²) in [6, 6.07) is 15.0. The van der Waals surface area contributed by atoms with Crippen molar-refractivity contribution in [3.8, 4) is 17.2 Å². The van der Waals surface area contributed by atoms with Gasteiger partial charge >= 0.3 is 0 Å². The van der Waals surface area contributed by atoms with Crippen LogP contribution in [0.5, 0.6) is 17.2 Å². The second kappa shape index (κ2) is 10.3. The van der Waals surface area contributed by atoms with Crippen LogP contribution < -0.4 is 24.4 Å². The lowest BCUT2D eigenvalue weighted by Crippen LogP contribution is -2.19. The lowest BCUT2D eigenvalue weighted by Gasteiger charge is -2.25. The highest BCUT2D eigenvalue weighted by molar-refractivity contribution is 7.89. The second-order valence-electron chi connectivity index (χ2n) is 8.90. The van der Waals surface area contributed by atoms with E-state index in [0.29, 0.717) is 51.3 Å². The third-order valence-electron chi connectivity index (χ3n) is 6.49. The number of ether oxygens (including phenoxy) is 3. The first-order valence-corrected chi connectivity index (χ1v) is 13.8. The molecule has 39 heavy (non-hydrogen) atoms. The first-order chi connectivity index (χ1) is 18.6. The summed E-state index contributed by atoms with van der Waals surface area (Å²) in [6.45, 7) is 1.89. The van der Waals surface area contributed by atoms with Gasteiger partial charge in [0, 0.05) is 11.4 Å². The van der Waals surface area contributed by atoms with E-state index in [1.54, 1.807) is 45.6 Å². The number of primary sulfonamides is 1. The Balaban J connectivity index is 1.65. The summed E-state index contributed by atoms with van der Waals surface area (Å²) in [4.78, 5) is 9.57. The number of nitrogens with zero attached hydrogens (tertiary/aromatic N) is 4. The van der Waals surface area contributed by atoms with Gasteiger partial charge in [-0.2, -0.15) is 5.10 Å². The topological polar surface area (TPSA) is 129 Å². The highest BCUT2D eigenvalue weighted by Gasteiger charge is 2.33. The summed E-state index contributed by atoms with van der Waals surface area (Å²) in [7, 11) is 0.809. The molecule has 4 aromatic rings. The quantitative estimate of drug-likeness (QED) is 0.342. The van der Waals surface area contributed by atoms with Crippen LogP contribution in [0.15, 0.2) is 64.6 Å². The van der Waals surface area contributed by atoms with Gasteiger partial charge in [0.05, 0.1) is 60.4 Å².